The average Bonchev–Trinajstić information content (AvgIpc) is 2.84. The maximum Gasteiger partial charge on any atom is 0.313 e. The molecule has 33 heavy (non-hydrogen) atoms. The summed E-state index contributed by atoms with van der Waals surface area (Å²) in [6, 6.07) is 23.8. The second-order valence-electron chi connectivity index (χ2n) is 7.95. The minimum absolute atomic E-state index is 0.255. The fourth-order valence-corrected chi connectivity index (χ4v) is 3.54. The van der Waals surface area contributed by atoms with Crippen LogP contribution in [0.3, 0.4) is 0 Å². The van der Waals surface area contributed by atoms with Crippen molar-refractivity contribution in [2.24, 2.45) is 0 Å². The van der Waals surface area contributed by atoms with Crippen LogP contribution in [-0.4, -0.2) is 25.2 Å². The summed E-state index contributed by atoms with van der Waals surface area (Å²) in [5.74, 6) is 0.845. The number of esters is 2. The molecular weight excluding hydrogens is 416 g/mol. The first-order chi connectivity index (χ1) is 16.2. The molecule has 0 aliphatic carbocycles. The lowest BCUT2D eigenvalue weighted by Gasteiger charge is -2.09. The van der Waals surface area contributed by atoms with Gasteiger partial charge >= 0.3 is 11.9 Å². The molecule has 0 bridgehead atoms. The maximum atomic E-state index is 11.9. The molecule has 0 spiro atoms. The highest BCUT2D eigenvalue weighted by atomic mass is 16.6. The van der Waals surface area contributed by atoms with Gasteiger partial charge in [-0.15, -0.1) is 0 Å². The molecule has 0 aliphatic heterocycles. The SMILES string of the molecule is O=C(CCCCCOc1ccccc1)OC(=O)CCCCCOc1cccc2ccccc12. The average molecular weight is 449 g/mol. The topological polar surface area (TPSA) is 61.8 Å². The second-order valence-corrected chi connectivity index (χ2v) is 7.95. The van der Waals surface area contributed by atoms with E-state index in [1.165, 1.54) is 0 Å². The van der Waals surface area contributed by atoms with Gasteiger partial charge in [-0.05, 0) is 62.1 Å². The van der Waals surface area contributed by atoms with Gasteiger partial charge in [0.1, 0.15) is 11.5 Å². The van der Waals surface area contributed by atoms with Gasteiger partial charge in [-0.25, -0.2) is 0 Å². The minimum atomic E-state index is -0.442. The van der Waals surface area contributed by atoms with Gasteiger partial charge in [0.15, 0.2) is 0 Å². The number of benzene rings is 3. The van der Waals surface area contributed by atoms with E-state index in [9.17, 15) is 9.59 Å². The standard InChI is InChI=1S/C28H32O5/c29-27(19-6-2-10-21-31-24-15-4-1-5-16-24)33-28(30)20-7-3-11-22-32-26-18-12-14-23-13-8-9-17-25(23)26/h1,4-5,8-9,12-18H,2-3,6-7,10-11,19-22H2. The first kappa shape index (κ1) is 24.3. The molecule has 3 aromatic carbocycles. The normalized spacial score (nSPS) is 10.7. The lowest BCUT2D eigenvalue weighted by Crippen LogP contribution is -2.12. The molecule has 0 heterocycles. The van der Waals surface area contributed by atoms with E-state index in [2.05, 4.69) is 18.2 Å². The van der Waals surface area contributed by atoms with Crippen LogP contribution < -0.4 is 9.47 Å². The van der Waals surface area contributed by atoms with E-state index in [0.717, 1.165) is 48.0 Å². The Balaban J connectivity index is 1.18. The van der Waals surface area contributed by atoms with E-state index in [0.29, 0.717) is 26.1 Å². The van der Waals surface area contributed by atoms with Crippen LogP contribution in [0.2, 0.25) is 0 Å². The molecule has 0 unspecified atom stereocenters. The molecule has 0 fully saturated rings. The van der Waals surface area contributed by atoms with Crippen LogP contribution in [0.1, 0.15) is 51.4 Å². The number of unbranched alkanes of at least 4 members (excludes halogenated alkanes) is 4. The van der Waals surface area contributed by atoms with Crippen molar-refractivity contribution >= 4 is 22.7 Å². The van der Waals surface area contributed by atoms with Crippen molar-refractivity contribution in [3.05, 3.63) is 72.8 Å². The molecule has 0 aliphatic rings. The third kappa shape index (κ3) is 8.97. The summed E-state index contributed by atoms with van der Waals surface area (Å²) < 4.78 is 16.4. The lowest BCUT2D eigenvalue weighted by molar-refractivity contribution is -0.159. The first-order valence-electron chi connectivity index (χ1n) is 11.7. The number of hydrogen-bond donors (Lipinski definition) is 0. The maximum absolute atomic E-state index is 11.9. The van der Waals surface area contributed by atoms with Gasteiger partial charge in [-0.3, -0.25) is 9.59 Å². The molecule has 5 nitrogen and oxygen atoms in total. The van der Waals surface area contributed by atoms with Crippen LogP contribution in [0.25, 0.3) is 10.8 Å². The van der Waals surface area contributed by atoms with Gasteiger partial charge in [-0.2, -0.15) is 0 Å². The molecule has 5 heteroatoms. The zero-order valence-corrected chi connectivity index (χ0v) is 19.0. The number of carbonyl (C=O) groups is 2. The van der Waals surface area contributed by atoms with E-state index in [4.69, 9.17) is 14.2 Å². The Bertz CT molecular complexity index is 994. The Kier molecular flexibility index (Phi) is 10.3. The zero-order chi connectivity index (χ0) is 23.1. The van der Waals surface area contributed by atoms with Crippen LogP contribution in [0, 0.1) is 0 Å². The fourth-order valence-electron chi connectivity index (χ4n) is 3.54. The van der Waals surface area contributed by atoms with Crippen molar-refractivity contribution in [2.45, 2.75) is 51.4 Å². The number of rotatable bonds is 14. The van der Waals surface area contributed by atoms with Crippen LogP contribution in [0.15, 0.2) is 72.8 Å². The third-order valence-corrected chi connectivity index (χ3v) is 5.30. The van der Waals surface area contributed by atoms with Crippen molar-refractivity contribution in [3.63, 3.8) is 0 Å². The number of ether oxygens (including phenoxy) is 3. The molecule has 3 rings (SSSR count). The highest BCUT2D eigenvalue weighted by Gasteiger charge is 2.10. The Morgan fingerprint density at radius 2 is 1.18 bits per heavy atom. The Hall–Kier alpha value is -3.34. The van der Waals surface area contributed by atoms with E-state index < -0.39 is 11.9 Å². The summed E-state index contributed by atoms with van der Waals surface area (Å²) in [5.41, 5.74) is 0. The molecule has 0 aromatic heterocycles. The van der Waals surface area contributed by atoms with Crippen LogP contribution in [-0.2, 0) is 14.3 Å². The quantitative estimate of drug-likeness (QED) is 0.160. The van der Waals surface area contributed by atoms with Crippen molar-refractivity contribution in [3.8, 4) is 11.5 Å². The van der Waals surface area contributed by atoms with Crippen LogP contribution in [0.5, 0.6) is 11.5 Å². The number of fused-ring (bicyclic) bond motifs is 1. The first-order valence-corrected chi connectivity index (χ1v) is 11.7. The van der Waals surface area contributed by atoms with Crippen LogP contribution >= 0.6 is 0 Å². The van der Waals surface area contributed by atoms with Gasteiger partial charge in [0.05, 0.1) is 13.2 Å². The van der Waals surface area contributed by atoms with Gasteiger partial charge < -0.3 is 14.2 Å². The second kappa shape index (κ2) is 13.9. The summed E-state index contributed by atoms with van der Waals surface area (Å²) in [6.45, 7) is 1.21. The summed E-state index contributed by atoms with van der Waals surface area (Å²) in [7, 11) is 0. The zero-order valence-electron chi connectivity index (χ0n) is 19.0. The van der Waals surface area contributed by atoms with Crippen molar-refractivity contribution in [1.82, 2.24) is 0 Å². The van der Waals surface area contributed by atoms with Crippen molar-refractivity contribution < 1.29 is 23.8 Å². The molecule has 0 amide bonds. The highest BCUT2D eigenvalue weighted by molar-refractivity contribution is 5.88. The monoisotopic (exact) mass is 448 g/mol. The highest BCUT2D eigenvalue weighted by Crippen LogP contribution is 2.25. The third-order valence-electron chi connectivity index (χ3n) is 5.30. The fraction of sp³-hybridized carbons (Fsp3) is 0.357. The number of carbonyl (C=O) groups excluding carboxylic acids is 2. The number of para-hydroxylation sites is 1. The predicted molar refractivity (Wildman–Crippen MR) is 129 cm³/mol. The Labute approximate surface area is 195 Å². The van der Waals surface area contributed by atoms with Gasteiger partial charge in [0.2, 0.25) is 0 Å². The molecule has 0 radical (unpaired) electrons. The Morgan fingerprint density at radius 3 is 1.91 bits per heavy atom. The summed E-state index contributed by atoms with van der Waals surface area (Å²) >= 11 is 0. The van der Waals surface area contributed by atoms with Crippen molar-refractivity contribution in [2.75, 3.05) is 13.2 Å². The number of hydrogen-bond acceptors (Lipinski definition) is 5. The molecule has 0 saturated heterocycles. The molecule has 174 valence electrons. The van der Waals surface area contributed by atoms with E-state index in [-0.39, 0.29) is 12.8 Å². The smallest absolute Gasteiger partial charge is 0.313 e. The molecule has 3 aromatic rings. The van der Waals surface area contributed by atoms with E-state index in [1.54, 1.807) is 0 Å². The largest absolute Gasteiger partial charge is 0.494 e. The Morgan fingerprint density at radius 1 is 0.576 bits per heavy atom. The van der Waals surface area contributed by atoms with Gasteiger partial charge in [0, 0.05) is 18.2 Å². The summed E-state index contributed by atoms with van der Waals surface area (Å²) in [6.07, 6.45) is 5.28. The van der Waals surface area contributed by atoms with Gasteiger partial charge in [-0.1, -0.05) is 54.6 Å². The van der Waals surface area contributed by atoms with Crippen molar-refractivity contribution in [1.29, 1.82) is 0 Å². The summed E-state index contributed by atoms with van der Waals surface area (Å²) in [5, 5.41) is 2.26. The van der Waals surface area contributed by atoms with E-state index in [1.807, 2.05) is 54.6 Å². The summed E-state index contributed by atoms with van der Waals surface area (Å²) in [4.78, 5) is 23.7. The molecular formula is C28H32O5. The lowest BCUT2D eigenvalue weighted by atomic mass is 10.1. The van der Waals surface area contributed by atoms with Crippen LogP contribution in [0.4, 0.5) is 0 Å². The van der Waals surface area contributed by atoms with E-state index >= 15 is 0 Å². The molecule has 0 saturated carbocycles. The molecule has 0 atom stereocenters. The van der Waals surface area contributed by atoms with Gasteiger partial charge in [0.25, 0.3) is 0 Å². The minimum Gasteiger partial charge on any atom is -0.494 e. The molecule has 0 N–H and O–H groups in total. The predicted octanol–water partition coefficient (Wildman–Crippen LogP) is 6.49.